The smallest absolute Gasteiger partial charge is 0.256 e. The number of hydrogen-bond donors (Lipinski definition) is 4. The molecule has 1 amide bonds. The summed E-state index contributed by atoms with van der Waals surface area (Å²) in [5, 5.41) is 18.3. The zero-order valence-corrected chi connectivity index (χ0v) is 19.8. The van der Waals surface area contributed by atoms with E-state index in [-0.39, 0.29) is 11.4 Å². The van der Waals surface area contributed by atoms with E-state index in [9.17, 15) is 10.1 Å². The van der Waals surface area contributed by atoms with Gasteiger partial charge >= 0.3 is 0 Å². The van der Waals surface area contributed by atoms with Gasteiger partial charge in [0.05, 0.1) is 35.9 Å². The molecular weight excluding hydrogens is 444 g/mol. The van der Waals surface area contributed by atoms with Crippen molar-refractivity contribution in [1.82, 2.24) is 15.3 Å². The summed E-state index contributed by atoms with van der Waals surface area (Å²) in [6.45, 7) is 2.08. The van der Waals surface area contributed by atoms with E-state index >= 15 is 0 Å². The van der Waals surface area contributed by atoms with Crippen LogP contribution in [0, 0.1) is 11.3 Å². The Labute approximate surface area is 204 Å². The summed E-state index contributed by atoms with van der Waals surface area (Å²) in [6, 6.07) is 12.8. The Kier molecular flexibility index (Phi) is 7.16. The fourth-order valence-electron chi connectivity index (χ4n) is 4.11. The van der Waals surface area contributed by atoms with Crippen molar-refractivity contribution in [1.29, 1.82) is 5.26 Å². The average molecular weight is 473 g/mol. The highest BCUT2D eigenvalue weighted by Crippen LogP contribution is 2.34. The van der Waals surface area contributed by atoms with Gasteiger partial charge in [-0.05, 0) is 43.5 Å². The number of pyridine rings is 2. The minimum atomic E-state index is -0.400. The number of nitrogens with zero attached hydrogens (tertiary/aromatic N) is 4. The van der Waals surface area contributed by atoms with Gasteiger partial charge in [0.25, 0.3) is 5.91 Å². The molecule has 1 aliphatic rings. The van der Waals surface area contributed by atoms with Gasteiger partial charge in [0.2, 0.25) is 0 Å². The Balaban J connectivity index is 1.65. The normalized spacial score (nSPS) is 13.0. The van der Waals surface area contributed by atoms with Crippen LogP contribution in [0.15, 0.2) is 42.6 Å². The maximum atomic E-state index is 12.6. The third kappa shape index (κ3) is 5.19. The number of amides is 1. The molecule has 180 valence electrons. The highest BCUT2D eigenvalue weighted by molar-refractivity contribution is 6.05. The molecule has 3 aromatic rings. The van der Waals surface area contributed by atoms with Gasteiger partial charge < -0.3 is 31.3 Å². The van der Waals surface area contributed by atoms with Crippen LogP contribution >= 0.6 is 0 Å². The number of methoxy groups -OCH3 is 1. The molecule has 0 spiro atoms. The Morgan fingerprint density at radius 3 is 2.57 bits per heavy atom. The molecule has 0 aliphatic carbocycles. The second-order valence-corrected chi connectivity index (χ2v) is 8.09. The van der Waals surface area contributed by atoms with Gasteiger partial charge in [0.15, 0.2) is 5.75 Å². The van der Waals surface area contributed by atoms with Crippen LogP contribution in [-0.2, 0) is 0 Å². The lowest BCUT2D eigenvalue weighted by molar-refractivity contribution is 0.0964. The first kappa shape index (κ1) is 23.6. The first-order valence-corrected chi connectivity index (χ1v) is 11.4. The van der Waals surface area contributed by atoms with Crippen LogP contribution in [-0.4, -0.2) is 43.1 Å². The van der Waals surface area contributed by atoms with Crippen LogP contribution in [0.1, 0.15) is 35.2 Å². The van der Waals surface area contributed by atoms with Crippen molar-refractivity contribution >= 4 is 40.4 Å². The zero-order valence-electron chi connectivity index (χ0n) is 19.8. The third-order valence-electron chi connectivity index (χ3n) is 5.84. The Bertz CT molecular complexity index is 1250. The van der Waals surface area contributed by atoms with E-state index in [2.05, 4.69) is 36.9 Å². The molecule has 2 aromatic heterocycles. The van der Waals surface area contributed by atoms with E-state index in [1.54, 1.807) is 24.3 Å². The van der Waals surface area contributed by atoms with Crippen LogP contribution in [0.3, 0.4) is 0 Å². The summed E-state index contributed by atoms with van der Waals surface area (Å²) in [6.07, 6.45) is 5.50. The number of ether oxygens (including phenoxy) is 1. The average Bonchev–Trinajstić information content (AvgIpc) is 2.89. The second kappa shape index (κ2) is 10.6. The van der Waals surface area contributed by atoms with Crippen LogP contribution < -0.4 is 31.3 Å². The van der Waals surface area contributed by atoms with Gasteiger partial charge in [-0.15, -0.1) is 0 Å². The summed E-state index contributed by atoms with van der Waals surface area (Å²) in [4.78, 5) is 23.8. The Morgan fingerprint density at radius 2 is 1.91 bits per heavy atom. The molecule has 5 N–H and O–H groups in total. The number of anilines is 6. The molecule has 10 nitrogen and oxygen atoms in total. The maximum Gasteiger partial charge on any atom is 0.256 e. The summed E-state index contributed by atoms with van der Waals surface area (Å²) in [5.74, 6) is 1.00. The summed E-state index contributed by atoms with van der Waals surface area (Å²) >= 11 is 0. The second-order valence-electron chi connectivity index (χ2n) is 8.09. The topological polar surface area (TPSA) is 141 Å². The number of nitrogen functional groups attached to an aromatic ring is 1. The SMILES string of the molecule is CNC(=O)c1c(Nc2cccc(C#N)c2OC)cc(Nc2ccc(N3CCCCC3)cn2)nc1N. The molecule has 0 radical (unpaired) electrons. The molecule has 0 bridgehead atoms. The van der Waals surface area contributed by atoms with Gasteiger partial charge in [0, 0.05) is 26.2 Å². The van der Waals surface area contributed by atoms with Crippen LogP contribution in [0.2, 0.25) is 0 Å². The molecule has 3 heterocycles. The first-order valence-electron chi connectivity index (χ1n) is 11.4. The Morgan fingerprint density at radius 1 is 1.11 bits per heavy atom. The lowest BCUT2D eigenvalue weighted by Gasteiger charge is -2.28. The van der Waals surface area contributed by atoms with Crippen molar-refractivity contribution in [2.45, 2.75) is 19.3 Å². The number of para-hydroxylation sites is 1. The van der Waals surface area contributed by atoms with Crippen molar-refractivity contribution in [3.63, 3.8) is 0 Å². The molecule has 35 heavy (non-hydrogen) atoms. The van der Waals surface area contributed by atoms with Crippen LogP contribution in [0.5, 0.6) is 5.75 Å². The van der Waals surface area contributed by atoms with Crippen molar-refractivity contribution < 1.29 is 9.53 Å². The Hall–Kier alpha value is -4.52. The van der Waals surface area contributed by atoms with Crippen molar-refractivity contribution in [2.75, 3.05) is 48.5 Å². The predicted octanol–water partition coefficient (Wildman–Crippen LogP) is 3.78. The fourth-order valence-corrected chi connectivity index (χ4v) is 4.11. The van der Waals surface area contributed by atoms with Crippen molar-refractivity contribution in [2.24, 2.45) is 0 Å². The van der Waals surface area contributed by atoms with E-state index < -0.39 is 5.91 Å². The molecule has 0 unspecified atom stereocenters. The molecule has 1 saturated heterocycles. The van der Waals surface area contributed by atoms with Gasteiger partial charge in [-0.1, -0.05) is 6.07 Å². The highest BCUT2D eigenvalue weighted by atomic mass is 16.5. The first-order chi connectivity index (χ1) is 17.0. The molecule has 1 aliphatic heterocycles. The third-order valence-corrected chi connectivity index (χ3v) is 5.84. The number of nitrogens with one attached hydrogen (secondary N) is 3. The van der Waals surface area contributed by atoms with Crippen molar-refractivity contribution in [3.05, 3.63) is 53.7 Å². The van der Waals surface area contributed by atoms with Gasteiger partial charge in [-0.25, -0.2) is 9.97 Å². The largest absolute Gasteiger partial charge is 0.493 e. The van der Waals surface area contributed by atoms with Gasteiger partial charge in [-0.2, -0.15) is 5.26 Å². The van der Waals surface area contributed by atoms with E-state index in [1.165, 1.54) is 33.4 Å². The minimum Gasteiger partial charge on any atom is -0.493 e. The number of hydrogen-bond acceptors (Lipinski definition) is 9. The molecule has 0 saturated carbocycles. The van der Waals surface area contributed by atoms with Crippen LogP contribution in [0.25, 0.3) is 0 Å². The lowest BCUT2D eigenvalue weighted by atomic mass is 10.1. The number of carbonyl (C=O) groups is 1. The van der Waals surface area contributed by atoms with E-state index in [0.29, 0.717) is 34.3 Å². The number of carbonyl (C=O) groups excluding carboxylic acids is 1. The monoisotopic (exact) mass is 472 g/mol. The van der Waals surface area contributed by atoms with Crippen LogP contribution in [0.4, 0.5) is 34.5 Å². The van der Waals surface area contributed by atoms with E-state index in [0.717, 1.165) is 18.8 Å². The quantitative estimate of drug-likeness (QED) is 0.404. The summed E-state index contributed by atoms with van der Waals surface area (Å²) < 4.78 is 5.42. The number of benzene rings is 1. The molecular formula is C25H28N8O2. The summed E-state index contributed by atoms with van der Waals surface area (Å²) in [7, 11) is 3.00. The maximum absolute atomic E-state index is 12.6. The number of piperidine rings is 1. The number of aromatic nitrogens is 2. The highest BCUT2D eigenvalue weighted by Gasteiger charge is 2.20. The zero-order chi connectivity index (χ0) is 24.8. The minimum absolute atomic E-state index is 0.0391. The summed E-state index contributed by atoms with van der Waals surface area (Å²) in [5.41, 5.74) is 8.73. The number of nitrogens with two attached hydrogens (primary N) is 1. The van der Waals surface area contributed by atoms with Crippen molar-refractivity contribution in [3.8, 4) is 11.8 Å². The molecule has 4 rings (SSSR count). The fraction of sp³-hybridized carbons (Fsp3) is 0.280. The standard InChI is InChI=1S/C25H28N8O2/c1-28-25(34)22-19(30-18-8-6-7-16(14-26)23(18)35-2)13-21(32-24(22)27)31-20-10-9-17(15-29-20)33-11-4-3-5-12-33/h6-10,13,15H,3-5,11-12H2,1-2H3,(H,28,34)(H4,27,29,30,31,32). The molecule has 1 fully saturated rings. The molecule has 0 atom stereocenters. The van der Waals surface area contributed by atoms with E-state index in [4.69, 9.17) is 10.5 Å². The van der Waals surface area contributed by atoms with Gasteiger partial charge in [0.1, 0.15) is 29.1 Å². The number of rotatable bonds is 7. The van der Waals surface area contributed by atoms with Gasteiger partial charge in [-0.3, -0.25) is 4.79 Å². The number of nitriles is 1. The lowest BCUT2D eigenvalue weighted by Crippen LogP contribution is -2.29. The van der Waals surface area contributed by atoms with E-state index in [1.807, 2.05) is 18.3 Å². The molecule has 10 heteroatoms. The molecule has 1 aromatic carbocycles. The predicted molar refractivity (Wildman–Crippen MR) is 137 cm³/mol.